The number of ether oxygens (including phenoxy) is 1. The highest BCUT2D eigenvalue weighted by atomic mass is 35.5. The van der Waals surface area contributed by atoms with Crippen LogP contribution >= 0.6 is 11.6 Å². The third kappa shape index (κ3) is 4.04. The lowest BCUT2D eigenvalue weighted by atomic mass is 9.97. The summed E-state index contributed by atoms with van der Waals surface area (Å²) in [5.74, 6) is 0. The molecule has 2 saturated heterocycles. The van der Waals surface area contributed by atoms with Crippen LogP contribution in [-0.2, 0) is 4.74 Å². The van der Waals surface area contributed by atoms with Gasteiger partial charge in [-0.2, -0.15) is 0 Å². The Kier molecular flexibility index (Phi) is 5.58. The quantitative estimate of drug-likeness (QED) is 0.845. The minimum atomic E-state index is -0.179. The number of likely N-dealkylation sites (tertiary alicyclic amines) is 1. The molecule has 8 heteroatoms. The van der Waals surface area contributed by atoms with E-state index in [4.69, 9.17) is 16.3 Å². The van der Waals surface area contributed by atoms with Crippen molar-refractivity contribution in [2.24, 2.45) is 0 Å². The molecular weight excluding hydrogens is 356 g/mol. The Morgan fingerprint density at radius 3 is 2.81 bits per heavy atom. The van der Waals surface area contributed by atoms with E-state index >= 15 is 0 Å². The maximum absolute atomic E-state index is 12.6. The summed E-state index contributed by atoms with van der Waals surface area (Å²) in [5, 5.41) is 6.15. The Hall–Kier alpha value is -1.99. The summed E-state index contributed by atoms with van der Waals surface area (Å²) in [4.78, 5) is 27.9. The lowest BCUT2D eigenvalue weighted by Gasteiger charge is -2.26. The summed E-state index contributed by atoms with van der Waals surface area (Å²) in [6.07, 6.45) is 2.64. The second-order valence-corrected chi connectivity index (χ2v) is 7.38. The number of hydrogen-bond acceptors (Lipinski definition) is 3. The molecule has 0 aliphatic carbocycles. The Morgan fingerprint density at radius 1 is 1.31 bits per heavy atom. The number of benzene rings is 1. The number of amides is 4. The molecule has 1 aromatic carbocycles. The number of methoxy groups -OCH3 is 1. The highest BCUT2D eigenvalue weighted by molar-refractivity contribution is 6.34. The number of nitrogens with one attached hydrogen (secondary N) is 2. The van der Waals surface area contributed by atoms with Crippen LogP contribution in [0.4, 0.5) is 21.0 Å². The highest BCUT2D eigenvalue weighted by Crippen LogP contribution is 2.30. The van der Waals surface area contributed by atoms with E-state index in [1.165, 1.54) is 0 Å². The highest BCUT2D eigenvalue weighted by Gasteiger charge is 2.29. The van der Waals surface area contributed by atoms with Gasteiger partial charge in [0.05, 0.1) is 16.3 Å². The molecular formula is C18H25ClN4O3. The summed E-state index contributed by atoms with van der Waals surface area (Å²) in [5.41, 5.74) is 1.04. The van der Waals surface area contributed by atoms with Crippen LogP contribution in [0.3, 0.4) is 0 Å². The van der Waals surface area contributed by atoms with E-state index in [2.05, 4.69) is 17.6 Å². The van der Waals surface area contributed by atoms with Crippen LogP contribution in [0.25, 0.3) is 0 Å². The lowest BCUT2D eigenvalue weighted by molar-refractivity contribution is -0.00492. The molecule has 2 N–H and O–H groups in total. The first kappa shape index (κ1) is 18.8. The largest absolute Gasteiger partial charge is 0.378 e. The van der Waals surface area contributed by atoms with Gasteiger partial charge in [0.25, 0.3) is 0 Å². The molecule has 0 saturated carbocycles. The standard InChI is InChI=1S/C18H25ClN4O3/c1-18(26-2)6-3-9-22(10-7-18)17(25)21-13-4-5-14(19)15(12-13)23-11-8-20-16(23)24/h4-5,12H,3,6-11H2,1-2H3,(H,20,24)(H,21,25). The van der Waals surface area contributed by atoms with Crippen molar-refractivity contribution in [3.05, 3.63) is 23.2 Å². The van der Waals surface area contributed by atoms with Crippen LogP contribution in [0.2, 0.25) is 5.02 Å². The maximum atomic E-state index is 12.6. The average Bonchev–Trinajstić information content (AvgIpc) is 2.94. The molecule has 4 amide bonds. The topological polar surface area (TPSA) is 73.9 Å². The van der Waals surface area contributed by atoms with Crippen molar-refractivity contribution in [2.75, 3.05) is 43.5 Å². The third-order valence-electron chi connectivity index (χ3n) is 5.17. The minimum Gasteiger partial charge on any atom is -0.378 e. The Morgan fingerprint density at radius 2 is 2.12 bits per heavy atom. The predicted molar refractivity (Wildman–Crippen MR) is 102 cm³/mol. The van der Waals surface area contributed by atoms with Gasteiger partial charge < -0.3 is 20.3 Å². The number of anilines is 2. The van der Waals surface area contributed by atoms with Crippen LogP contribution in [0.1, 0.15) is 26.2 Å². The van der Waals surface area contributed by atoms with Crippen LogP contribution < -0.4 is 15.5 Å². The number of carbonyl (C=O) groups excluding carboxylic acids is 2. The van der Waals surface area contributed by atoms with Crippen LogP contribution in [0.15, 0.2) is 18.2 Å². The fourth-order valence-electron chi connectivity index (χ4n) is 3.36. The van der Waals surface area contributed by atoms with Gasteiger partial charge in [0.1, 0.15) is 0 Å². The molecule has 2 aliphatic rings. The number of hydrogen-bond donors (Lipinski definition) is 2. The number of halogens is 1. The molecule has 142 valence electrons. The Balaban J connectivity index is 1.69. The van der Waals surface area contributed by atoms with Gasteiger partial charge in [0.2, 0.25) is 0 Å². The first-order valence-electron chi connectivity index (χ1n) is 8.88. The fraction of sp³-hybridized carbons (Fsp3) is 0.556. The summed E-state index contributed by atoms with van der Waals surface area (Å²) >= 11 is 6.24. The van der Waals surface area contributed by atoms with E-state index in [9.17, 15) is 9.59 Å². The van der Waals surface area contributed by atoms with Gasteiger partial charge in [-0.1, -0.05) is 11.6 Å². The average molecular weight is 381 g/mol. The molecule has 0 aromatic heterocycles. The molecule has 1 atom stereocenters. The normalized spacial score (nSPS) is 23.6. The summed E-state index contributed by atoms with van der Waals surface area (Å²) in [6, 6.07) is 4.85. The molecule has 2 fully saturated rings. The van der Waals surface area contributed by atoms with Gasteiger partial charge in [-0.25, -0.2) is 9.59 Å². The van der Waals surface area contributed by atoms with Gasteiger partial charge in [-0.05, 0) is 44.4 Å². The molecule has 0 bridgehead atoms. The zero-order valence-electron chi connectivity index (χ0n) is 15.2. The van der Waals surface area contributed by atoms with Gasteiger partial charge in [-0.3, -0.25) is 4.90 Å². The first-order chi connectivity index (χ1) is 12.4. The van der Waals surface area contributed by atoms with Crippen molar-refractivity contribution in [2.45, 2.75) is 31.8 Å². The van der Waals surface area contributed by atoms with Gasteiger partial charge in [0, 0.05) is 39.0 Å². The number of carbonyl (C=O) groups is 2. The molecule has 3 rings (SSSR count). The summed E-state index contributed by atoms with van der Waals surface area (Å²) in [7, 11) is 1.72. The Labute approximate surface area is 158 Å². The SMILES string of the molecule is COC1(C)CCCN(C(=O)Nc2ccc(Cl)c(N3CCNC3=O)c2)CC1. The molecule has 2 heterocycles. The number of nitrogens with zero attached hydrogens (tertiary/aromatic N) is 2. The molecule has 1 unspecified atom stereocenters. The van der Waals surface area contributed by atoms with Crippen molar-refractivity contribution in [1.82, 2.24) is 10.2 Å². The van der Waals surface area contributed by atoms with Crippen molar-refractivity contribution < 1.29 is 14.3 Å². The molecule has 2 aliphatic heterocycles. The molecule has 7 nitrogen and oxygen atoms in total. The van der Waals surface area contributed by atoms with Gasteiger partial charge >= 0.3 is 12.1 Å². The van der Waals surface area contributed by atoms with Crippen molar-refractivity contribution in [3.8, 4) is 0 Å². The van der Waals surface area contributed by atoms with Crippen LogP contribution in [0, 0.1) is 0 Å². The number of rotatable bonds is 3. The second-order valence-electron chi connectivity index (χ2n) is 6.97. The second kappa shape index (κ2) is 7.72. The van der Waals surface area contributed by atoms with Crippen molar-refractivity contribution in [3.63, 3.8) is 0 Å². The summed E-state index contributed by atoms with van der Waals surface area (Å²) in [6.45, 7) is 4.56. The lowest BCUT2D eigenvalue weighted by Crippen LogP contribution is -2.37. The first-order valence-corrected chi connectivity index (χ1v) is 9.26. The van der Waals surface area contributed by atoms with E-state index in [1.54, 1.807) is 35.1 Å². The van der Waals surface area contributed by atoms with Crippen molar-refractivity contribution >= 4 is 35.0 Å². The van der Waals surface area contributed by atoms with E-state index in [0.29, 0.717) is 42.6 Å². The number of urea groups is 2. The third-order valence-corrected chi connectivity index (χ3v) is 5.49. The van der Waals surface area contributed by atoms with Gasteiger partial charge in [0.15, 0.2) is 0 Å². The van der Waals surface area contributed by atoms with E-state index < -0.39 is 0 Å². The van der Waals surface area contributed by atoms with Crippen LogP contribution in [0.5, 0.6) is 0 Å². The predicted octanol–water partition coefficient (Wildman–Crippen LogP) is 3.29. The smallest absolute Gasteiger partial charge is 0.322 e. The molecule has 1 aromatic rings. The van der Waals surface area contributed by atoms with E-state index in [-0.39, 0.29) is 17.7 Å². The monoisotopic (exact) mass is 380 g/mol. The van der Waals surface area contributed by atoms with E-state index in [1.807, 2.05) is 0 Å². The Bertz CT molecular complexity index is 699. The van der Waals surface area contributed by atoms with Crippen molar-refractivity contribution in [1.29, 1.82) is 0 Å². The zero-order valence-corrected chi connectivity index (χ0v) is 15.9. The molecule has 26 heavy (non-hydrogen) atoms. The molecule has 0 radical (unpaired) electrons. The molecule has 0 spiro atoms. The minimum absolute atomic E-state index is 0.149. The fourth-order valence-corrected chi connectivity index (χ4v) is 3.58. The zero-order chi connectivity index (χ0) is 18.7. The van der Waals surface area contributed by atoms with Gasteiger partial charge in [-0.15, -0.1) is 0 Å². The van der Waals surface area contributed by atoms with E-state index in [0.717, 1.165) is 19.3 Å². The maximum Gasteiger partial charge on any atom is 0.322 e. The van der Waals surface area contributed by atoms with Crippen LogP contribution in [-0.4, -0.2) is 55.9 Å². The summed E-state index contributed by atoms with van der Waals surface area (Å²) < 4.78 is 5.58.